The van der Waals surface area contributed by atoms with Gasteiger partial charge in [0.15, 0.2) is 19.7 Å². The van der Waals surface area contributed by atoms with Crippen LogP contribution in [-0.2, 0) is 19.7 Å². The van der Waals surface area contributed by atoms with Crippen molar-refractivity contribution >= 4 is 37.0 Å². The summed E-state index contributed by atoms with van der Waals surface area (Å²) >= 11 is 5.92. The van der Waals surface area contributed by atoms with Crippen molar-refractivity contribution in [3.05, 3.63) is 18.2 Å². The Morgan fingerprint density at radius 2 is 1.67 bits per heavy atom. The Balaban J connectivity index is 3.28. The Bertz CT molecular complexity index is 712. The van der Waals surface area contributed by atoms with E-state index in [1.807, 2.05) is 13.8 Å². The first-order valence-corrected chi connectivity index (χ1v) is 10.6. The summed E-state index contributed by atoms with van der Waals surface area (Å²) in [6.07, 6.45) is 2.74. The van der Waals surface area contributed by atoms with Crippen LogP contribution in [0, 0.1) is 0 Å². The van der Waals surface area contributed by atoms with Crippen LogP contribution in [-0.4, -0.2) is 40.8 Å². The topological polar surface area (TPSA) is 80.3 Å². The lowest BCUT2D eigenvalue weighted by Crippen LogP contribution is -2.20. The van der Waals surface area contributed by atoms with Crippen LogP contribution in [0.5, 0.6) is 0 Å². The van der Waals surface area contributed by atoms with E-state index in [1.54, 1.807) is 0 Å². The van der Waals surface area contributed by atoms with Crippen LogP contribution in [0.25, 0.3) is 0 Å². The van der Waals surface area contributed by atoms with Crippen molar-refractivity contribution in [2.45, 2.75) is 41.5 Å². The van der Waals surface area contributed by atoms with Crippen molar-refractivity contribution in [3.8, 4) is 0 Å². The average molecular weight is 354 g/mol. The van der Waals surface area contributed by atoms with Crippen LogP contribution in [0.3, 0.4) is 0 Å². The molecule has 0 saturated carbocycles. The van der Waals surface area contributed by atoms with Crippen LogP contribution in [0.1, 0.15) is 20.3 Å². The van der Waals surface area contributed by atoms with Crippen molar-refractivity contribution in [1.82, 2.24) is 0 Å². The molecule has 0 aliphatic heterocycles. The van der Waals surface area contributed by atoms with Crippen LogP contribution >= 0.6 is 11.6 Å². The van der Waals surface area contributed by atoms with Gasteiger partial charge in [-0.3, -0.25) is 0 Å². The molecule has 1 rings (SSSR count). The van der Waals surface area contributed by atoms with Crippen molar-refractivity contribution in [2.24, 2.45) is 0 Å². The van der Waals surface area contributed by atoms with Crippen molar-refractivity contribution in [1.29, 1.82) is 0 Å². The second-order valence-corrected chi connectivity index (χ2v) is 10.0. The molecule has 0 radical (unpaired) electrons. The number of hydrogen-bond donors (Lipinski definition) is 1. The van der Waals surface area contributed by atoms with Gasteiger partial charge in [-0.05, 0) is 38.5 Å². The van der Waals surface area contributed by atoms with E-state index >= 15 is 0 Å². The maximum absolute atomic E-state index is 11.9. The summed E-state index contributed by atoms with van der Waals surface area (Å²) in [4.78, 5) is -0.0497. The van der Waals surface area contributed by atoms with Gasteiger partial charge < -0.3 is 5.32 Å². The zero-order valence-electron chi connectivity index (χ0n) is 12.4. The fraction of sp³-hybridized carbons (Fsp3) is 0.538. The third kappa shape index (κ3) is 5.48. The average Bonchev–Trinajstić information content (AvgIpc) is 2.24. The molecule has 0 fully saturated rings. The summed E-state index contributed by atoms with van der Waals surface area (Å²) in [6.45, 7) is 3.74. The smallest absolute Gasteiger partial charge is 0.177 e. The molecule has 0 aliphatic rings. The van der Waals surface area contributed by atoms with Crippen LogP contribution in [0.2, 0.25) is 0 Å². The number of sulfone groups is 2. The predicted octanol–water partition coefficient (Wildman–Crippen LogP) is 2.31. The fourth-order valence-electron chi connectivity index (χ4n) is 1.97. The van der Waals surface area contributed by atoms with Gasteiger partial charge in [0, 0.05) is 23.9 Å². The molecule has 8 heteroatoms. The molecule has 1 N–H and O–H groups in total. The molecule has 120 valence electrons. The van der Waals surface area contributed by atoms with Crippen molar-refractivity contribution in [2.75, 3.05) is 17.8 Å². The van der Waals surface area contributed by atoms with E-state index in [4.69, 9.17) is 11.6 Å². The summed E-state index contributed by atoms with van der Waals surface area (Å²) in [6, 6.07) is 4.01. The number of halogens is 1. The monoisotopic (exact) mass is 353 g/mol. The Hall–Kier alpha value is -0.790. The molecule has 2 unspecified atom stereocenters. The third-order valence-corrected chi connectivity index (χ3v) is 5.29. The summed E-state index contributed by atoms with van der Waals surface area (Å²) in [5, 5.41) is 3.02. The lowest BCUT2D eigenvalue weighted by Gasteiger charge is -2.19. The van der Waals surface area contributed by atoms with Gasteiger partial charge in [0.25, 0.3) is 0 Å². The fourth-order valence-corrected chi connectivity index (χ4v) is 3.83. The molecule has 21 heavy (non-hydrogen) atoms. The van der Waals surface area contributed by atoms with E-state index in [0.29, 0.717) is 12.1 Å². The summed E-state index contributed by atoms with van der Waals surface area (Å²) < 4.78 is 46.9. The molecule has 0 aliphatic carbocycles. The molecular weight excluding hydrogens is 334 g/mol. The molecule has 0 heterocycles. The second-order valence-electron chi connectivity index (χ2n) is 5.26. The maximum Gasteiger partial charge on any atom is 0.177 e. The minimum absolute atomic E-state index is 0.0214. The largest absolute Gasteiger partial charge is 0.381 e. The normalized spacial score (nSPS) is 15.5. The summed E-state index contributed by atoms with van der Waals surface area (Å²) in [7, 11) is -7.01. The summed E-state index contributed by atoms with van der Waals surface area (Å²) in [5.74, 6) is 0. The molecule has 0 aromatic heterocycles. The predicted molar refractivity (Wildman–Crippen MR) is 85.7 cm³/mol. The zero-order valence-corrected chi connectivity index (χ0v) is 14.8. The number of rotatable bonds is 6. The maximum atomic E-state index is 11.9. The molecule has 0 saturated heterocycles. The van der Waals surface area contributed by atoms with E-state index in [0.717, 1.165) is 12.5 Å². The Morgan fingerprint density at radius 3 is 2.10 bits per heavy atom. The van der Waals surface area contributed by atoms with Gasteiger partial charge in [-0.15, -0.1) is 11.6 Å². The van der Waals surface area contributed by atoms with Gasteiger partial charge in [-0.1, -0.05) is 0 Å². The highest BCUT2D eigenvalue weighted by Gasteiger charge is 2.19. The quantitative estimate of drug-likeness (QED) is 0.794. The third-order valence-electron chi connectivity index (χ3n) is 2.86. The molecule has 0 amide bonds. The van der Waals surface area contributed by atoms with Gasteiger partial charge in [-0.25, -0.2) is 16.8 Å². The minimum atomic E-state index is -3.55. The minimum Gasteiger partial charge on any atom is -0.381 e. The highest BCUT2D eigenvalue weighted by molar-refractivity contribution is 7.91. The van der Waals surface area contributed by atoms with Gasteiger partial charge in [0.1, 0.15) is 0 Å². The van der Waals surface area contributed by atoms with E-state index < -0.39 is 19.7 Å². The molecule has 0 spiro atoms. The van der Waals surface area contributed by atoms with Crippen molar-refractivity contribution in [3.63, 3.8) is 0 Å². The molecule has 2 atom stereocenters. The first-order valence-electron chi connectivity index (χ1n) is 6.36. The molecule has 1 aromatic carbocycles. The molecule has 1 aromatic rings. The number of benzene rings is 1. The van der Waals surface area contributed by atoms with E-state index in [-0.39, 0.29) is 21.2 Å². The number of alkyl halides is 1. The summed E-state index contributed by atoms with van der Waals surface area (Å²) in [5.41, 5.74) is 0.384. The van der Waals surface area contributed by atoms with Crippen LogP contribution in [0.15, 0.2) is 28.0 Å². The second kappa shape index (κ2) is 6.54. The lowest BCUT2D eigenvalue weighted by atomic mass is 10.2. The first kappa shape index (κ1) is 18.3. The van der Waals surface area contributed by atoms with E-state index in [1.165, 1.54) is 18.2 Å². The van der Waals surface area contributed by atoms with Gasteiger partial charge >= 0.3 is 0 Å². The number of anilines is 1. The van der Waals surface area contributed by atoms with Crippen molar-refractivity contribution < 1.29 is 16.8 Å². The number of nitrogens with one attached hydrogen (secondary N) is 1. The van der Waals surface area contributed by atoms with Crippen LogP contribution < -0.4 is 5.32 Å². The molecular formula is C13H20ClNO4S2. The van der Waals surface area contributed by atoms with Gasteiger partial charge in [0.2, 0.25) is 0 Å². The number of hydrogen-bond acceptors (Lipinski definition) is 5. The zero-order chi connectivity index (χ0) is 16.4. The Kier molecular flexibility index (Phi) is 5.69. The molecule has 0 bridgehead atoms. The standard InChI is InChI=1S/C13H20ClNO4S2/c1-9(14)7-10(2)15-12-6-5-11(20(3,16)17)8-13(12)21(4,18)19/h5-6,8-10,15H,7H2,1-4H3. The lowest BCUT2D eigenvalue weighted by molar-refractivity contribution is 0.600. The van der Waals surface area contributed by atoms with E-state index in [2.05, 4.69) is 5.32 Å². The Morgan fingerprint density at radius 1 is 1.10 bits per heavy atom. The van der Waals surface area contributed by atoms with Gasteiger partial charge in [-0.2, -0.15) is 0 Å². The molecule has 5 nitrogen and oxygen atoms in total. The first-order chi connectivity index (χ1) is 9.41. The highest BCUT2D eigenvalue weighted by Crippen LogP contribution is 2.26. The highest BCUT2D eigenvalue weighted by atomic mass is 35.5. The SMILES string of the molecule is CC(Cl)CC(C)Nc1ccc(S(C)(=O)=O)cc1S(C)(=O)=O. The van der Waals surface area contributed by atoms with Gasteiger partial charge in [0.05, 0.1) is 15.5 Å². The van der Waals surface area contributed by atoms with Crippen LogP contribution in [0.4, 0.5) is 5.69 Å². The Labute approximate surface area is 131 Å². The van der Waals surface area contributed by atoms with E-state index in [9.17, 15) is 16.8 Å².